The highest BCUT2D eigenvalue weighted by atomic mass is 35.5. The number of benzene rings is 1. The third-order valence-corrected chi connectivity index (χ3v) is 4.22. The molecule has 0 bridgehead atoms. The molecule has 2 rings (SSSR count). The molecule has 1 heterocycles. The van der Waals surface area contributed by atoms with Crippen molar-refractivity contribution in [3.63, 3.8) is 0 Å². The molecule has 5 heteroatoms. The standard InChI is InChI=1S/C14H19ClN2O2/c1-2-10-9-16-8-7-14(10,13(18)19)17-12-6-4-3-5-11(12)15/h3-6,10,16-17H,2,7-9H2,1H3,(H,18,19). The minimum absolute atomic E-state index is 0.0371. The average molecular weight is 283 g/mol. The number of piperidine rings is 1. The number of carboxylic acids is 1. The number of anilines is 1. The van der Waals surface area contributed by atoms with Crippen molar-refractivity contribution < 1.29 is 9.90 Å². The predicted molar refractivity (Wildman–Crippen MR) is 76.7 cm³/mol. The Balaban J connectivity index is 2.34. The third kappa shape index (κ3) is 2.69. The molecule has 1 saturated heterocycles. The Morgan fingerprint density at radius 1 is 1.58 bits per heavy atom. The number of nitrogens with one attached hydrogen (secondary N) is 2. The van der Waals surface area contributed by atoms with Gasteiger partial charge in [0.25, 0.3) is 0 Å². The monoisotopic (exact) mass is 282 g/mol. The number of hydrogen-bond donors (Lipinski definition) is 3. The van der Waals surface area contributed by atoms with Gasteiger partial charge in [0.1, 0.15) is 5.54 Å². The van der Waals surface area contributed by atoms with Crippen molar-refractivity contribution in [2.24, 2.45) is 5.92 Å². The lowest BCUT2D eigenvalue weighted by molar-refractivity contribution is -0.145. The highest BCUT2D eigenvalue weighted by molar-refractivity contribution is 6.33. The zero-order chi connectivity index (χ0) is 13.9. The van der Waals surface area contributed by atoms with E-state index in [4.69, 9.17) is 11.6 Å². The van der Waals surface area contributed by atoms with E-state index in [1.54, 1.807) is 6.07 Å². The maximum Gasteiger partial charge on any atom is 0.329 e. The Kier molecular flexibility index (Phi) is 4.32. The van der Waals surface area contributed by atoms with Gasteiger partial charge in [-0.3, -0.25) is 0 Å². The van der Waals surface area contributed by atoms with Crippen LogP contribution in [0.4, 0.5) is 5.69 Å². The smallest absolute Gasteiger partial charge is 0.329 e. The molecule has 19 heavy (non-hydrogen) atoms. The number of carboxylic acid groups (broad SMARTS) is 1. The van der Waals surface area contributed by atoms with Crippen LogP contribution in [0, 0.1) is 5.92 Å². The molecule has 0 radical (unpaired) electrons. The maximum absolute atomic E-state index is 11.8. The predicted octanol–water partition coefficient (Wildman–Crippen LogP) is 2.59. The van der Waals surface area contributed by atoms with Crippen LogP contribution in [0.2, 0.25) is 5.02 Å². The Bertz CT molecular complexity index is 467. The van der Waals surface area contributed by atoms with Crippen molar-refractivity contribution in [1.82, 2.24) is 5.32 Å². The number of halogens is 1. The van der Waals surface area contributed by atoms with Gasteiger partial charge in [-0.15, -0.1) is 0 Å². The summed E-state index contributed by atoms with van der Waals surface area (Å²) >= 11 is 6.13. The normalized spacial score (nSPS) is 26.9. The topological polar surface area (TPSA) is 61.4 Å². The van der Waals surface area contributed by atoms with E-state index < -0.39 is 11.5 Å². The van der Waals surface area contributed by atoms with Gasteiger partial charge in [-0.1, -0.05) is 30.7 Å². The lowest BCUT2D eigenvalue weighted by Crippen LogP contribution is -2.59. The summed E-state index contributed by atoms with van der Waals surface area (Å²) in [6, 6.07) is 7.27. The molecule has 3 N–H and O–H groups in total. The van der Waals surface area contributed by atoms with Crippen molar-refractivity contribution in [2.45, 2.75) is 25.3 Å². The molecule has 0 spiro atoms. The molecule has 2 atom stereocenters. The lowest BCUT2D eigenvalue weighted by Gasteiger charge is -2.42. The van der Waals surface area contributed by atoms with Gasteiger partial charge < -0.3 is 15.7 Å². The Labute approximate surface area is 118 Å². The summed E-state index contributed by atoms with van der Waals surface area (Å²) in [5.74, 6) is -0.768. The van der Waals surface area contributed by atoms with E-state index in [2.05, 4.69) is 10.6 Å². The summed E-state index contributed by atoms with van der Waals surface area (Å²) in [6.07, 6.45) is 1.35. The minimum Gasteiger partial charge on any atom is -0.479 e. The number of para-hydroxylation sites is 1. The first-order valence-corrected chi connectivity index (χ1v) is 6.94. The van der Waals surface area contributed by atoms with E-state index in [0.29, 0.717) is 30.2 Å². The second-order valence-electron chi connectivity index (χ2n) is 4.94. The van der Waals surface area contributed by atoms with Gasteiger partial charge >= 0.3 is 5.97 Å². The van der Waals surface area contributed by atoms with Crippen LogP contribution in [-0.4, -0.2) is 29.7 Å². The molecule has 1 fully saturated rings. The summed E-state index contributed by atoms with van der Waals surface area (Å²) in [5.41, 5.74) is -0.253. The molecule has 0 aromatic heterocycles. The first-order chi connectivity index (χ1) is 9.10. The summed E-state index contributed by atoms with van der Waals surface area (Å²) in [7, 11) is 0. The average Bonchev–Trinajstić information content (AvgIpc) is 2.41. The first kappa shape index (κ1) is 14.2. The van der Waals surface area contributed by atoms with Crippen LogP contribution >= 0.6 is 11.6 Å². The summed E-state index contributed by atoms with van der Waals surface area (Å²) in [5, 5.41) is 16.7. The highest BCUT2D eigenvalue weighted by Gasteiger charge is 2.46. The second-order valence-corrected chi connectivity index (χ2v) is 5.35. The summed E-state index contributed by atoms with van der Waals surface area (Å²) in [6.45, 7) is 3.42. The second kappa shape index (κ2) is 5.80. The van der Waals surface area contributed by atoms with Crippen LogP contribution in [0.3, 0.4) is 0 Å². The molecular weight excluding hydrogens is 264 g/mol. The van der Waals surface area contributed by atoms with E-state index in [1.807, 2.05) is 25.1 Å². The fourth-order valence-electron chi connectivity index (χ4n) is 2.74. The Morgan fingerprint density at radius 2 is 2.32 bits per heavy atom. The molecule has 4 nitrogen and oxygen atoms in total. The molecule has 0 saturated carbocycles. The fraction of sp³-hybridized carbons (Fsp3) is 0.500. The zero-order valence-corrected chi connectivity index (χ0v) is 11.7. The van der Waals surface area contributed by atoms with Gasteiger partial charge in [-0.25, -0.2) is 4.79 Å². The van der Waals surface area contributed by atoms with E-state index in [-0.39, 0.29) is 5.92 Å². The molecule has 104 valence electrons. The molecule has 1 aromatic rings. The van der Waals surface area contributed by atoms with E-state index >= 15 is 0 Å². The quantitative estimate of drug-likeness (QED) is 0.794. The SMILES string of the molecule is CCC1CNCCC1(Nc1ccccc1Cl)C(=O)O. The van der Waals surface area contributed by atoms with Crippen molar-refractivity contribution >= 4 is 23.3 Å². The number of hydrogen-bond acceptors (Lipinski definition) is 3. The van der Waals surface area contributed by atoms with Crippen molar-refractivity contribution in [2.75, 3.05) is 18.4 Å². The van der Waals surface area contributed by atoms with Crippen LogP contribution in [0.5, 0.6) is 0 Å². The Morgan fingerprint density at radius 3 is 2.95 bits per heavy atom. The lowest BCUT2D eigenvalue weighted by atomic mass is 9.76. The summed E-state index contributed by atoms with van der Waals surface area (Å²) < 4.78 is 0. The van der Waals surface area contributed by atoms with Crippen LogP contribution < -0.4 is 10.6 Å². The molecule has 1 aliphatic heterocycles. The van der Waals surface area contributed by atoms with Crippen LogP contribution in [0.1, 0.15) is 19.8 Å². The fourth-order valence-corrected chi connectivity index (χ4v) is 2.92. The first-order valence-electron chi connectivity index (χ1n) is 6.57. The molecule has 2 unspecified atom stereocenters. The highest BCUT2D eigenvalue weighted by Crippen LogP contribution is 2.34. The number of aliphatic carboxylic acids is 1. The molecule has 0 amide bonds. The van der Waals surface area contributed by atoms with Crippen LogP contribution in [0.15, 0.2) is 24.3 Å². The van der Waals surface area contributed by atoms with E-state index in [1.165, 1.54) is 0 Å². The number of rotatable bonds is 4. The van der Waals surface area contributed by atoms with Crippen LogP contribution in [0.25, 0.3) is 0 Å². The molecular formula is C14H19ClN2O2. The van der Waals surface area contributed by atoms with E-state index in [0.717, 1.165) is 6.42 Å². The molecule has 1 aromatic carbocycles. The van der Waals surface area contributed by atoms with Gasteiger partial charge in [0, 0.05) is 12.5 Å². The van der Waals surface area contributed by atoms with Gasteiger partial charge in [-0.05, 0) is 31.5 Å². The van der Waals surface area contributed by atoms with Crippen molar-refractivity contribution in [3.8, 4) is 0 Å². The van der Waals surface area contributed by atoms with Gasteiger partial charge in [-0.2, -0.15) is 0 Å². The largest absolute Gasteiger partial charge is 0.479 e. The molecule has 1 aliphatic rings. The third-order valence-electron chi connectivity index (χ3n) is 3.89. The molecule has 0 aliphatic carbocycles. The number of carbonyl (C=O) groups is 1. The maximum atomic E-state index is 11.8. The van der Waals surface area contributed by atoms with Crippen LogP contribution in [-0.2, 0) is 4.79 Å². The summed E-state index contributed by atoms with van der Waals surface area (Å²) in [4.78, 5) is 11.8. The minimum atomic E-state index is -0.939. The van der Waals surface area contributed by atoms with Crippen molar-refractivity contribution in [1.29, 1.82) is 0 Å². The van der Waals surface area contributed by atoms with Crippen molar-refractivity contribution in [3.05, 3.63) is 29.3 Å². The van der Waals surface area contributed by atoms with E-state index in [9.17, 15) is 9.90 Å². The van der Waals surface area contributed by atoms with Gasteiger partial charge in [0.05, 0.1) is 10.7 Å². The van der Waals surface area contributed by atoms with Gasteiger partial charge in [0.2, 0.25) is 0 Å². The zero-order valence-electron chi connectivity index (χ0n) is 10.9. The van der Waals surface area contributed by atoms with Gasteiger partial charge in [0.15, 0.2) is 0 Å². The Hall–Kier alpha value is -1.26.